The van der Waals surface area contributed by atoms with E-state index in [9.17, 15) is 14.4 Å². The molecule has 6 heteroatoms. The summed E-state index contributed by atoms with van der Waals surface area (Å²) < 4.78 is 4.87. The third-order valence-corrected chi connectivity index (χ3v) is 3.64. The van der Waals surface area contributed by atoms with Gasteiger partial charge in [-0.05, 0) is 40.0 Å². The maximum Gasteiger partial charge on any atom is 0.325 e. The molecule has 0 aromatic heterocycles. The number of hydrogen-bond donors (Lipinski definition) is 1. The summed E-state index contributed by atoms with van der Waals surface area (Å²) in [6, 6.07) is -0.115. The van der Waals surface area contributed by atoms with E-state index in [1.807, 2.05) is 13.8 Å². The average molecular weight is 285 g/mol. The summed E-state index contributed by atoms with van der Waals surface area (Å²) in [4.78, 5) is 36.4. The van der Waals surface area contributed by atoms with E-state index in [0.717, 1.165) is 0 Å². The van der Waals surface area contributed by atoms with Crippen molar-refractivity contribution >= 4 is 17.8 Å². The molecular weight excluding hydrogens is 262 g/mol. The summed E-state index contributed by atoms with van der Waals surface area (Å²) >= 11 is 0. The Balaban J connectivity index is 2.65. The van der Waals surface area contributed by atoms with Gasteiger partial charge in [0.15, 0.2) is 0 Å². The van der Waals surface area contributed by atoms with Gasteiger partial charge in [-0.1, -0.05) is 0 Å². The first-order valence-corrected chi connectivity index (χ1v) is 7.05. The van der Waals surface area contributed by atoms with Gasteiger partial charge in [-0.3, -0.25) is 14.4 Å². The van der Waals surface area contributed by atoms with Crippen LogP contribution in [0, 0.1) is 11.8 Å². The standard InChI is InChI=1S/C14H23NO5/c1-4-20-12(16)8-15(9(2)3)13(17)10-5-6-11(7-10)14(18)19/h9-11H,4-8H2,1-3H3,(H,18,19). The molecular formula is C14H23NO5. The van der Waals surface area contributed by atoms with Gasteiger partial charge in [-0.15, -0.1) is 0 Å². The lowest BCUT2D eigenvalue weighted by molar-refractivity contribution is -0.151. The molecule has 0 spiro atoms. The highest BCUT2D eigenvalue weighted by molar-refractivity contribution is 5.85. The third kappa shape index (κ3) is 4.21. The Bertz CT molecular complexity index is 380. The number of hydrogen-bond acceptors (Lipinski definition) is 4. The molecule has 114 valence electrons. The SMILES string of the molecule is CCOC(=O)CN(C(=O)C1CCC(C(=O)O)C1)C(C)C. The van der Waals surface area contributed by atoms with Crippen LogP contribution in [-0.4, -0.2) is 47.0 Å². The lowest BCUT2D eigenvalue weighted by atomic mass is 10.0. The van der Waals surface area contributed by atoms with Crippen molar-refractivity contribution in [2.24, 2.45) is 11.8 Å². The largest absolute Gasteiger partial charge is 0.481 e. The molecule has 1 N–H and O–H groups in total. The number of carboxylic acid groups (broad SMARTS) is 1. The topological polar surface area (TPSA) is 83.9 Å². The van der Waals surface area contributed by atoms with Gasteiger partial charge in [0.2, 0.25) is 5.91 Å². The molecule has 1 aliphatic carbocycles. The Labute approximate surface area is 119 Å². The Kier molecular flexibility index (Phi) is 5.98. The normalized spacial score (nSPS) is 21.8. The summed E-state index contributed by atoms with van der Waals surface area (Å²) in [5.41, 5.74) is 0. The Hall–Kier alpha value is -1.59. The third-order valence-electron chi connectivity index (χ3n) is 3.64. The first kappa shape index (κ1) is 16.5. The molecule has 1 rings (SSSR count). The fourth-order valence-electron chi connectivity index (χ4n) is 2.53. The minimum atomic E-state index is -0.846. The molecule has 2 atom stereocenters. The van der Waals surface area contributed by atoms with Crippen molar-refractivity contribution in [3.8, 4) is 0 Å². The molecule has 0 aliphatic heterocycles. The van der Waals surface area contributed by atoms with Crippen LogP contribution < -0.4 is 0 Å². The van der Waals surface area contributed by atoms with Gasteiger partial charge in [0.1, 0.15) is 6.54 Å². The Morgan fingerprint density at radius 3 is 2.30 bits per heavy atom. The van der Waals surface area contributed by atoms with Crippen LogP contribution in [0.5, 0.6) is 0 Å². The first-order valence-electron chi connectivity index (χ1n) is 7.05. The van der Waals surface area contributed by atoms with E-state index in [1.165, 1.54) is 4.90 Å². The second-order valence-corrected chi connectivity index (χ2v) is 5.41. The van der Waals surface area contributed by atoms with Gasteiger partial charge >= 0.3 is 11.9 Å². The molecule has 0 radical (unpaired) electrons. The van der Waals surface area contributed by atoms with Gasteiger partial charge in [0, 0.05) is 12.0 Å². The van der Waals surface area contributed by atoms with Crippen LogP contribution >= 0.6 is 0 Å². The van der Waals surface area contributed by atoms with Gasteiger partial charge in [0.25, 0.3) is 0 Å². The fourth-order valence-corrected chi connectivity index (χ4v) is 2.53. The molecule has 20 heavy (non-hydrogen) atoms. The summed E-state index contributed by atoms with van der Waals surface area (Å²) in [6.07, 6.45) is 1.46. The molecule has 0 heterocycles. The monoisotopic (exact) mass is 285 g/mol. The maximum atomic E-state index is 12.4. The van der Waals surface area contributed by atoms with Crippen molar-refractivity contribution in [2.75, 3.05) is 13.2 Å². The van der Waals surface area contributed by atoms with Gasteiger partial charge in [-0.2, -0.15) is 0 Å². The molecule has 1 fully saturated rings. The molecule has 2 unspecified atom stereocenters. The predicted molar refractivity (Wildman–Crippen MR) is 71.9 cm³/mol. The molecule has 0 bridgehead atoms. The van der Waals surface area contributed by atoms with Crippen LogP contribution in [0.1, 0.15) is 40.0 Å². The Morgan fingerprint density at radius 2 is 1.85 bits per heavy atom. The van der Waals surface area contributed by atoms with Crippen LogP contribution in [0.2, 0.25) is 0 Å². The van der Waals surface area contributed by atoms with E-state index < -0.39 is 17.9 Å². The summed E-state index contributed by atoms with van der Waals surface area (Å²) in [6.45, 7) is 5.59. The average Bonchev–Trinajstić information content (AvgIpc) is 2.84. The maximum absolute atomic E-state index is 12.4. The molecule has 1 amide bonds. The van der Waals surface area contributed by atoms with E-state index in [4.69, 9.17) is 9.84 Å². The molecule has 6 nitrogen and oxygen atoms in total. The molecule has 1 saturated carbocycles. The smallest absolute Gasteiger partial charge is 0.325 e. The highest BCUT2D eigenvalue weighted by Gasteiger charge is 2.37. The Morgan fingerprint density at radius 1 is 1.25 bits per heavy atom. The number of aliphatic carboxylic acids is 1. The van der Waals surface area contributed by atoms with Crippen molar-refractivity contribution in [2.45, 2.75) is 46.1 Å². The minimum Gasteiger partial charge on any atom is -0.481 e. The number of ether oxygens (including phenoxy) is 1. The fraction of sp³-hybridized carbons (Fsp3) is 0.786. The van der Waals surface area contributed by atoms with E-state index in [2.05, 4.69) is 0 Å². The summed E-state index contributed by atoms with van der Waals surface area (Å²) in [7, 11) is 0. The van der Waals surface area contributed by atoms with E-state index in [0.29, 0.717) is 19.3 Å². The molecule has 1 aliphatic rings. The number of nitrogens with zero attached hydrogens (tertiary/aromatic N) is 1. The number of carbonyl (C=O) groups is 3. The number of amides is 1. The number of esters is 1. The highest BCUT2D eigenvalue weighted by atomic mass is 16.5. The zero-order valence-corrected chi connectivity index (χ0v) is 12.3. The van der Waals surface area contributed by atoms with Gasteiger partial charge < -0.3 is 14.7 Å². The molecule has 0 aromatic rings. The number of carboxylic acids is 1. The second kappa shape index (κ2) is 7.26. The van der Waals surface area contributed by atoms with Gasteiger partial charge in [-0.25, -0.2) is 0 Å². The highest BCUT2D eigenvalue weighted by Crippen LogP contribution is 2.32. The lowest BCUT2D eigenvalue weighted by Gasteiger charge is -2.28. The van der Waals surface area contributed by atoms with Crippen LogP contribution in [0.15, 0.2) is 0 Å². The zero-order valence-electron chi connectivity index (χ0n) is 12.3. The van der Waals surface area contributed by atoms with Crippen LogP contribution in [0.3, 0.4) is 0 Å². The molecule has 0 saturated heterocycles. The number of carbonyl (C=O) groups excluding carboxylic acids is 2. The van der Waals surface area contributed by atoms with Gasteiger partial charge in [0.05, 0.1) is 12.5 Å². The zero-order chi connectivity index (χ0) is 15.3. The quantitative estimate of drug-likeness (QED) is 0.743. The van der Waals surface area contributed by atoms with Crippen LogP contribution in [-0.2, 0) is 19.1 Å². The van der Waals surface area contributed by atoms with Crippen LogP contribution in [0.4, 0.5) is 0 Å². The van der Waals surface area contributed by atoms with Crippen molar-refractivity contribution in [3.63, 3.8) is 0 Å². The van der Waals surface area contributed by atoms with Crippen molar-refractivity contribution < 1.29 is 24.2 Å². The van der Waals surface area contributed by atoms with E-state index in [1.54, 1.807) is 6.92 Å². The predicted octanol–water partition coefficient (Wildman–Crippen LogP) is 1.29. The van der Waals surface area contributed by atoms with Crippen LogP contribution in [0.25, 0.3) is 0 Å². The van der Waals surface area contributed by atoms with Crippen molar-refractivity contribution in [1.29, 1.82) is 0 Å². The minimum absolute atomic E-state index is 0.0709. The second-order valence-electron chi connectivity index (χ2n) is 5.41. The number of rotatable bonds is 6. The van der Waals surface area contributed by atoms with E-state index in [-0.39, 0.29) is 31.0 Å². The summed E-state index contributed by atoms with van der Waals surface area (Å²) in [5.74, 6) is -2.16. The first-order chi connectivity index (χ1) is 9.36. The molecule has 0 aromatic carbocycles. The lowest BCUT2D eigenvalue weighted by Crippen LogP contribution is -2.44. The summed E-state index contributed by atoms with van der Waals surface area (Å²) in [5, 5.41) is 8.98. The van der Waals surface area contributed by atoms with E-state index >= 15 is 0 Å². The van der Waals surface area contributed by atoms with Crippen molar-refractivity contribution in [1.82, 2.24) is 4.90 Å². The van der Waals surface area contributed by atoms with Crippen molar-refractivity contribution in [3.05, 3.63) is 0 Å².